The van der Waals surface area contributed by atoms with E-state index in [2.05, 4.69) is 12.2 Å². The number of benzene rings is 1. The van der Waals surface area contributed by atoms with Gasteiger partial charge in [-0.25, -0.2) is 0 Å². The second-order valence-electron chi connectivity index (χ2n) is 5.38. The third-order valence-electron chi connectivity index (χ3n) is 3.74. The van der Waals surface area contributed by atoms with E-state index in [0.717, 1.165) is 12.1 Å². The van der Waals surface area contributed by atoms with Crippen LogP contribution in [0.25, 0.3) is 0 Å². The molecule has 1 aliphatic rings. The molecule has 0 aliphatic heterocycles. The first kappa shape index (κ1) is 12.9. The van der Waals surface area contributed by atoms with E-state index in [1.165, 1.54) is 25.7 Å². The van der Waals surface area contributed by atoms with E-state index in [9.17, 15) is 10.1 Å². The first-order valence-electron chi connectivity index (χ1n) is 6.55. The minimum atomic E-state index is -0.318. The van der Waals surface area contributed by atoms with Crippen LogP contribution in [0.15, 0.2) is 18.2 Å². The molecule has 1 aromatic rings. The summed E-state index contributed by atoms with van der Waals surface area (Å²) in [5.74, 6) is 0. The van der Waals surface area contributed by atoms with E-state index < -0.39 is 0 Å². The van der Waals surface area contributed by atoms with Crippen molar-refractivity contribution in [3.05, 3.63) is 33.9 Å². The number of rotatable bonds is 6. The molecule has 0 heterocycles. The van der Waals surface area contributed by atoms with Crippen LogP contribution in [0, 0.1) is 22.5 Å². The van der Waals surface area contributed by atoms with Crippen LogP contribution in [0.3, 0.4) is 0 Å². The lowest BCUT2D eigenvalue weighted by Gasteiger charge is -2.16. The van der Waals surface area contributed by atoms with Gasteiger partial charge in [0.15, 0.2) is 0 Å². The smallest absolute Gasteiger partial charge is 0.292 e. The molecule has 0 spiro atoms. The van der Waals surface area contributed by atoms with Crippen LogP contribution >= 0.6 is 0 Å². The van der Waals surface area contributed by atoms with Crippen molar-refractivity contribution in [3.63, 3.8) is 0 Å². The third-order valence-corrected chi connectivity index (χ3v) is 3.74. The molecule has 1 N–H and O–H groups in total. The molecule has 4 heteroatoms. The fourth-order valence-electron chi connectivity index (χ4n) is 2.46. The zero-order chi connectivity index (χ0) is 13.2. The maximum atomic E-state index is 11.0. The van der Waals surface area contributed by atoms with Crippen LogP contribution in [-0.2, 0) is 0 Å². The predicted molar refractivity (Wildman–Crippen MR) is 72.9 cm³/mol. The number of nitro benzene ring substituents is 1. The van der Waals surface area contributed by atoms with Gasteiger partial charge in [-0.15, -0.1) is 0 Å². The van der Waals surface area contributed by atoms with E-state index in [1.807, 2.05) is 13.0 Å². The van der Waals surface area contributed by atoms with Gasteiger partial charge in [0.1, 0.15) is 5.69 Å². The Morgan fingerprint density at radius 1 is 1.44 bits per heavy atom. The van der Waals surface area contributed by atoms with Crippen LogP contribution in [0.1, 0.15) is 38.2 Å². The Morgan fingerprint density at radius 3 is 2.72 bits per heavy atom. The van der Waals surface area contributed by atoms with E-state index >= 15 is 0 Å². The summed E-state index contributed by atoms with van der Waals surface area (Å²) < 4.78 is 0. The zero-order valence-electron chi connectivity index (χ0n) is 11.0. The molecular weight excluding hydrogens is 228 g/mol. The van der Waals surface area contributed by atoms with Gasteiger partial charge in [-0.3, -0.25) is 10.1 Å². The molecule has 1 fully saturated rings. The number of nitrogens with one attached hydrogen (secondary N) is 1. The Labute approximate surface area is 108 Å². The van der Waals surface area contributed by atoms with Gasteiger partial charge >= 0.3 is 0 Å². The quantitative estimate of drug-likeness (QED) is 0.613. The van der Waals surface area contributed by atoms with Crippen molar-refractivity contribution in [2.24, 2.45) is 5.41 Å². The van der Waals surface area contributed by atoms with Crippen LogP contribution in [0.2, 0.25) is 0 Å². The molecule has 0 saturated heterocycles. The largest absolute Gasteiger partial charge is 0.379 e. The van der Waals surface area contributed by atoms with Gasteiger partial charge in [0.05, 0.1) is 4.92 Å². The molecule has 2 rings (SSSR count). The van der Waals surface area contributed by atoms with E-state index in [1.54, 1.807) is 12.1 Å². The van der Waals surface area contributed by atoms with Gasteiger partial charge in [-0.05, 0) is 43.2 Å². The molecule has 4 nitrogen and oxygen atoms in total. The number of aryl methyl sites for hydroxylation is 1. The Balaban J connectivity index is 2.08. The Bertz CT molecular complexity index is 453. The zero-order valence-corrected chi connectivity index (χ0v) is 11.0. The van der Waals surface area contributed by atoms with Crippen LogP contribution in [-0.4, -0.2) is 11.5 Å². The van der Waals surface area contributed by atoms with Crippen molar-refractivity contribution in [2.45, 2.75) is 39.5 Å². The van der Waals surface area contributed by atoms with E-state index in [-0.39, 0.29) is 10.6 Å². The predicted octanol–water partition coefficient (Wildman–Crippen LogP) is 3.90. The standard InChI is InChI=1S/C14H20N2O2/c1-3-6-14(7-8-14)10-15-12-9-11(2)4-5-13(12)16(17)18/h4-5,9,15H,3,6-8,10H2,1-2H3. The number of anilines is 1. The first-order valence-corrected chi connectivity index (χ1v) is 6.55. The van der Waals surface area contributed by atoms with Gasteiger partial charge in [-0.1, -0.05) is 19.4 Å². The molecule has 0 amide bonds. The fourth-order valence-corrected chi connectivity index (χ4v) is 2.46. The molecule has 1 saturated carbocycles. The molecule has 1 aliphatic carbocycles. The Kier molecular flexibility index (Phi) is 3.55. The highest BCUT2D eigenvalue weighted by Gasteiger charge is 2.41. The summed E-state index contributed by atoms with van der Waals surface area (Å²) in [6.45, 7) is 4.99. The lowest BCUT2D eigenvalue weighted by Crippen LogP contribution is -2.16. The molecule has 0 bridgehead atoms. The highest BCUT2D eigenvalue weighted by Crippen LogP contribution is 2.49. The number of hydrogen-bond donors (Lipinski definition) is 1. The summed E-state index contributed by atoms with van der Waals surface area (Å²) in [5.41, 5.74) is 2.27. The molecule has 0 unspecified atom stereocenters. The van der Waals surface area contributed by atoms with Gasteiger partial charge in [0, 0.05) is 12.6 Å². The normalized spacial score (nSPS) is 16.3. The molecule has 1 aromatic carbocycles. The number of hydrogen-bond acceptors (Lipinski definition) is 3. The summed E-state index contributed by atoms with van der Waals surface area (Å²) in [7, 11) is 0. The van der Waals surface area contributed by atoms with E-state index in [0.29, 0.717) is 11.1 Å². The lowest BCUT2D eigenvalue weighted by molar-refractivity contribution is -0.384. The maximum Gasteiger partial charge on any atom is 0.292 e. The highest BCUT2D eigenvalue weighted by atomic mass is 16.6. The SMILES string of the molecule is CCCC1(CNc2cc(C)ccc2[N+](=O)[O-])CC1. The van der Waals surface area contributed by atoms with Gasteiger partial charge < -0.3 is 5.32 Å². The molecule has 0 aromatic heterocycles. The van der Waals surface area contributed by atoms with Crippen molar-refractivity contribution >= 4 is 11.4 Å². The minimum Gasteiger partial charge on any atom is -0.379 e. The minimum absolute atomic E-state index is 0.174. The van der Waals surface area contributed by atoms with Crippen LogP contribution in [0.4, 0.5) is 11.4 Å². The van der Waals surface area contributed by atoms with Gasteiger partial charge in [0.25, 0.3) is 5.69 Å². The summed E-state index contributed by atoms with van der Waals surface area (Å²) in [5, 5.41) is 14.2. The summed E-state index contributed by atoms with van der Waals surface area (Å²) in [6, 6.07) is 5.22. The first-order chi connectivity index (χ1) is 8.56. The topological polar surface area (TPSA) is 55.2 Å². The Hall–Kier alpha value is -1.58. The summed E-state index contributed by atoms with van der Waals surface area (Å²) >= 11 is 0. The second kappa shape index (κ2) is 4.96. The molecule has 98 valence electrons. The second-order valence-corrected chi connectivity index (χ2v) is 5.38. The van der Waals surface area contributed by atoms with Gasteiger partial charge in [0.2, 0.25) is 0 Å². The van der Waals surface area contributed by atoms with Crippen molar-refractivity contribution in [1.82, 2.24) is 0 Å². The average Bonchev–Trinajstić information content (AvgIpc) is 3.07. The van der Waals surface area contributed by atoms with Crippen molar-refractivity contribution in [2.75, 3.05) is 11.9 Å². The van der Waals surface area contributed by atoms with Crippen molar-refractivity contribution < 1.29 is 4.92 Å². The van der Waals surface area contributed by atoms with Gasteiger partial charge in [-0.2, -0.15) is 0 Å². The highest BCUT2D eigenvalue weighted by molar-refractivity contribution is 5.62. The third kappa shape index (κ3) is 2.81. The molecule has 0 atom stereocenters. The lowest BCUT2D eigenvalue weighted by atomic mass is 10.0. The molecule has 0 radical (unpaired) electrons. The van der Waals surface area contributed by atoms with Crippen LogP contribution < -0.4 is 5.32 Å². The molecule has 18 heavy (non-hydrogen) atoms. The van der Waals surface area contributed by atoms with E-state index in [4.69, 9.17) is 0 Å². The Morgan fingerprint density at radius 2 is 2.17 bits per heavy atom. The van der Waals surface area contributed by atoms with Crippen LogP contribution in [0.5, 0.6) is 0 Å². The summed E-state index contributed by atoms with van der Waals surface area (Å²) in [4.78, 5) is 10.6. The van der Waals surface area contributed by atoms with Crippen molar-refractivity contribution in [1.29, 1.82) is 0 Å². The van der Waals surface area contributed by atoms with Crippen molar-refractivity contribution in [3.8, 4) is 0 Å². The number of nitrogens with zero attached hydrogens (tertiary/aromatic N) is 1. The number of nitro groups is 1. The molecular formula is C14H20N2O2. The monoisotopic (exact) mass is 248 g/mol. The fraction of sp³-hybridized carbons (Fsp3) is 0.571. The maximum absolute atomic E-state index is 11.0. The average molecular weight is 248 g/mol. The summed E-state index contributed by atoms with van der Waals surface area (Å²) in [6.07, 6.45) is 4.87.